The molecule has 1 fully saturated rings. The van der Waals surface area contributed by atoms with Crippen LogP contribution < -0.4 is 5.32 Å². The van der Waals surface area contributed by atoms with Gasteiger partial charge in [0, 0.05) is 18.7 Å². The second-order valence-electron chi connectivity index (χ2n) is 5.37. The van der Waals surface area contributed by atoms with Crippen molar-refractivity contribution >= 4 is 0 Å². The molecule has 1 rings (SSSR count). The van der Waals surface area contributed by atoms with Gasteiger partial charge in [0.15, 0.2) is 0 Å². The molecule has 1 aliphatic carbocycles. The molecule has 0 aliphatic heterocycles. The van der Waals surface area contributed by atoms with Gasteiger partial charge in [0.05, 0.1) is 0 Å². The van der Waals surface area contributed by atoms with E-state index < -0.39 is 0 Å². The van der Waals surface area contributed by atoms with Crippen molar-refractivity contribution in [2.45, 2.75) is 65.0 Å². The summed E-state index contributed by atoms with van der Waals surface area (Å²) in [5, 5.41) is 12.5. The molecule has 1 aliphatic rings. The van der Waals surface area contributed by atoms with Crippen LogP contribution in [0, 0.1) is 5.41 Å². The lowest BCUT2D eigenvalue weighted by atomic mass is 9.73. The summed E-state index contributed by atoms with van der Waals surface area (Å²) < 4.78 is 0. The maximum absolute atomic E-state index is 8.86. The molecule has 84 valence electrons. The summed E-state index contributed by atoms with van der Waals surface area (Å²) in [6.07, 6.45) is 6.22. The fourth-order valence-corrected chi connectivity index (χ4v) is 2.42. The summed E-state index contributed by atoms with van der Waals surface area (Å²) in [5.41, 5.74) is 0.433. The predicted octanol–water partition coefficient (Wildman–Crippen LogP) is 2.32. The molecular weight excluding hydrogens is 174 g/mol. The van der Waals surface area contributed by atoms with Crippen molar-refractivity contribution < 1.29 is 5.11 Å². The fourth-order valence-electron chi connectivity index (χ4n) is 2.42. The van der Waals surface area contributed by atoms with Crippen molar-refractivity contribution in [3.8, 4) is 0 Å². The lowest BCUT2D eigenvalue weighted by Crippen LogP contribution is -2.47. The van der Waals surface area contributed by atoms with Crippen LogP contribution in [-0.4, -0.2) is 23.8 Å². The molecule has 2 N–H and O–H groups in total. The molecule has 0 heterocycles. The molecule has 0 aromatic carbocycles. The molecule has 0 saturated heterocycles. The van der Waals surface area contributed by atoms with E-state index in [4.69, 9.17) is 5.11 Å². The maximum atomic E-state index is 8.86. The average molecular weight is 199 g/mol. The summed E-state index contributed by atoms with van der Waals surface area (Å²) in [6, 6.07) is 1.08. The van der Waals surface area contributed by atoms with E-state index in [1.807, 2.05) is 0 Å². The summed E-state index contributed by atoms with van der Waals surface area (Å²) in [6.45, 7) is 7.17. The molecule has 0 radical (unpaired) electrons. The van der Waals surface area contributed by atoms with E-state index >= 15 is 0 Å². The SMILES string of the molecule is C[C@H](CCO)NC1CCCCC1(C)C. The average Bonchev–Trinajstić information content (AvgIpc) is 2.09. The first-order chi connectivity index (χ1) is 6.56. The van der Waals surface area contributed by atoms with Gasteiger partial charge >= 0.3 is 0 Å². The minimum atomic E-state index is 0.293. The van der Waals surface area contributed by atoms with Crippen molar-refractivity contribution in [3.63, 3.8) is 0 Å². The Kier molecular flexibility index (Phi) is 4.39. The van der Waals surface area contributed by atoms with Crippen molar-refractivity contribution in [1.82, 2.24) is 5.32 Å². The van der Waals surface area contributed by atoms with Crippen LogP contribution in [-0.2, 0) is 0 Å². The molecule has 2 atom stereocenters. The molecular formula is C12H25NO. The predicted molar refractivity (Wildman–Crippen MR) is 60.3 cm³/mol. The van der Waals surface area contributed by atoms with Gasteiger partial charge in [0.1, 0.15) is 0 Å². The molecule has 0 spiro atoms. The van der Waals surface area contributed by atoms with Crippen LogP contribution in [0.1, 0.15) is 52.9 Å². The van der Waals surface area contributed by atoms with E-state index in [1.165, 1.54) is 25.7 Å². The highest BCUT2D eigenvalue weighted by Gasteiger charge is 2.32. The van der Waals surface area contributed by atoms with E-state index in [0.29, 0.717) is 24.1 Å². The summed E-state index contributed by atoms with van der Waals surface area (Å²) in [7, 11) is 0. The van der Waals surface area contributed by atoms with Gasteiger partial charge in [-0.15, -0.1) is 0 Å². The Morgan fingerprint density at radius 1 is 1.43 bits per heavy atom. The molecule has 0 aromatic rings. The Morgan fingerprint density at radius 2 is 2.14 bits per heavy atom. The van der Waals surface area contributed by atoms with Gasteiger partial charge in [-0.25, -0.2) is 0 Å². The maximum Gasteiger partial charge on any atom is 0.0445 e. The van der Waals surface area contributed by atoms with E-state index in [-0.39, 0.29) is 0 Å². The zero-order valence-electron chi connectivity index (χ0n) is 9.84. The number of aliphatic hydroxyl groups is 1. The zero-order chi connectivity index (χ0) is 10.6. The Morgan fingerprint density at radius 3 is 2.71 bits per heavy atom. The van der Waals surface area contributed by atoms with Gasteiger partial charge in [-0.2, -0.15) is 0 Å². The Hall–Kier alpha value is -0.0800. The third-order valence-electron chi connectivity index (χ3n) is 3.56. The highest BCUT2D eigenvalue weighted by atomic mass is 16.3. The largest absolute Gasteiger partial charge is 0.396 e. The summed E-state index contributed by atoms with van der Waals surface area (Å²) in [4.78, 5) is 0. The van der Waals surface area contributed by atoms with Gasteiger partial charge in [0.25, 0.3) is 0 Å². The fraction of sp³-hybridized carbons (Fsp3) is 1.00. The van der Waals surface area contributed by atoms with Crippen LogP contribution in [0.15, 0.2) is 0 Å². The quantitative estimate of drug-likeness (QED) is 0.728. The second-order valence-corrected chi connectivity index (χ2v) is 5.37. The van der Waals surface area contributed by atoms with Crippen LogP contribution in [0.4, 0.5) is 0 Å². The minimum Gasteiger partial charge on any atom is -0.396 e. The Labute approximate surface area is 88.1 Å². The third kappa shape index (κ3) is 3.25. The lowest BCUT2D eigenvalue weighted by molar-refractivity contribution is 0.150. The van der Waals surface area contributed by atoms with E-state index in [0.717, 1.165) is 6.42 Å². The van der Waals surface area contributed by atoms with E-state index in [1.54, 1.807) is 0 Å². The molecule has 2 heteroatoms. The van der Waals surface area contributed by atoms with Crippen molar-refractivity contribution in [3.05, 3.63) is 0 Å². The summed E-state index contributed by atoms with van der Waals surface area (Å²) >= 11 is 0. The normalized spacial score (nSPS) is 28.7. The van der Waals surface area contributed by atoms with Crippen molar-refractivity contribution in [2.75, 3.05) is 6.61 Å². The Bertz CT molecular complexity index is 168. The second kappa shape index (κ2) is 5.13. The van der Waals surface area contributed by atoms with Gasteiger partial charge < -0.3 is 10.4 Å². The van der Waals surface area contributed by atoms with Gasteiger partial charge in [0.2, 0.25) is 0 Å². The minimum absolute atomic E-state index is 0.293. The highest BCUT2D eigenvalue weighted by molar-refractivity contribution is 4.89. The van der Waals surface area contributed by atoms with Crippen LogP contribution in [0.2, 0.25) is 0 Å². The smallest absolute Gasteiger partial charge is 0.0445 e. The van der Waals surface area contributed by atoms with Crippen molar-refractivity contribution in [2.24, 2.45) is 5.41 Å². The first-order valence-corrected chi connectivity index (χ1v) is 5.93. The third-order valence-corrected chi connectivity index (χ3v) is 3.56. The molecule has 2 nitrogen and oxygen atoms in total. The number of hydrogen-bond acceptors (Lipinski definition) is 2. The van der Waals surface area contributed by atoms with Gasteiger partial charge in [-0.3, -0.25) is 0 Å². The number of hydrogen-bond donors (Lipinski definition) is 2. The monoisotopic (exact) mass is 199 g/mol. The molecule has 0 bridgehead atoms. The lowest BCUT2D eigenvalue weighted by Gasteiger charge is -2.40. The van der Waals surface area contributed by atoms with Crippen LogP contribution in [0.3, 0.4) is 0 Å². The highest BCUT2D eigenvalue weighted by Crippen LogP contribution is 2.35. The van der Waals surface area contributed by atoms with Gasteiger partial charge in [-0.1, -0.05) is 26.7 Å². The first kappa shape index (κ1) is 12.0. The first-order valence-electron chi connectivity index (χ1n) is 5.93. The molecule has 0 aromatic heterocycles. The number of nitrogens with one attached hydrogen (secondary N) is 1. The Balaban J connectivity index is 2.41. The summed E-state index contributed by atoms with van der Waals surface area (Å²) in [5.74, 6) is 0. The zero-order valence-corrected chi connectivity index (χ0v) is 9.84. The van der Waals surface area contributed by atoms with Crippen LogP contribution in [0.5, 0.6) is 0 Å². The van der Waals surface area contributed by atoms with Crippen LogP contribution in [0.25, 0.3) is 0 Å². The molecule has 0 amide bonds. The molecule has 1 unspecified atom stereocenters. The number of rotatable bonds is 4. The van der Waals surface area contributed by atoms with Gasteiger partial charge in [-0.05, 0) is 31.6 Å². The topological polar surface area (TPSA) is 32.3 Å². The standard InChI is InChI=1S/C12H25NO/c1-10(7-9-14)13-11-6-4-5-8-12(11,2)3/h10-11,13-14H,4-9H2,1-3H3/t10-,11?/m1/s1. The van der Waals surface area contributed by atoms with E-state index in [9.17, 15) is 0 Å². The van der Waals surface area contributed by atoms with Crippen LogP contribution >= 0.6 is 0 Å². The molecule has 14 heavy (non-hydrogen) atoms. The van der Waals surface area contributed by atoms with Crippen molar-refractivity contribution in [1.29, 1.82) is 0 Å². The molecule has 1 saturated carbocycles. The van der Waals surface area contributed by atoms with E-state index in [2.05, 4.69) is 26.1 Å². The number of aliphatic hydroxyl groups excluding tert-OH is 1.